The molecular formula is C20H24BO4-. The molecule has 0 N–H and O–H groups in total. The van der Waals surface area contributed by atoms with Gasteiger partial charge in [0, 0.05) is 24.4 Å². The van der Waals surface area contributed by atoms with Gasteiger partial charge < -0.3 is 18.6 Å². The fraction of sp³-hybridized carbons (Fsp3) is 0.400. The standard InChI is InChI=1S/C20H24BO4/c1-15-13-19(17-9-5-3-6-10-17)24-21(22-15)23-16(2)14-20(25-21)18-11-7-4-8-12-18/h3-12,15-16,19-20H,13-14H2,1-2H3/q-1. The lowest BCUT2D eigenvalue weighted by Gasteiger charge is -2.55. The normalized spacial score (nSPS) is 35.6. The molecule has 0 radical (unpaired) electrons. The molecule has 0 saturated carbocycles. The molecule has 0 aromatic heterocycles. The molecular weight excluding hydrogens is 315 g/mol. The average molecular weight is 339 g/mol. The third-order valence-electron chi connectivity index (χ3n) is 4.89. The highest BCUT2D eigenvalue weighted by atomic mass is 16.9. The Bertz CT molecular complexity index is 632. The van der Waals surface area contributed by atoms with Crippen molar-refractivity contribution in [3.8, 4) is 0 Å². The van der Waals surface area contributed by atoms with E-state index in [0.717, 1.165) is 24.0 Å². The van der Waals surface area contributed by atoms with Crippen LogP contribution in [0.3, 0.4) is 0 Å². The summed E-state index contributed by atoms with van der Waals surface area (Å²) < 4.78 is 24.7. The minimum absolute atomic E-state index is 0.000629. The summed E-state index contributed by atoms with van der Waals surface area (Å²) in [5, 5.41) is 0. The third-order valence-corrected chi connectivity index (χ3v) is 4.89. The lowest BCUT2D eigenvalue weighted by Crippen LogP contribution is -2.59. The fourth-order valence-corrected chi connectivity index (χ4v) is 3.75. The van der Waals surface area contributed by atoms with Crippen LogP contribution in [0.2, 0.25) is 0 Å². The first-order chi connectivity index (χ1) is 12.1. The molecule has 4 rings (SSSR count). The molecule has 2 aromatic carbocycles. The minimum atomic E-state index is -2.23. The molecule has 1 spiro atoms. The highest BCUT2D eigenvalue weighted by Gasteiger charge is 2.46. The first-order valence-electron chi connectivity index (χ1n) is 9.07. The quantitative estimate of drug-likeness (QED) is 0.752. The van der Waals surface area contributed by atoms with Crippen LogP contribution in [0.4, 0.5) is 0 Å². The molecule has 2 heterocycles. The van der Waals surface area contributed by atoms with Crippen molar-refractivity contribution in [1.82, 2.24) is 0 Å². The molecule has 5 heteroatoms. The molecule has 132 valence electrons. The molecule has 2 fully saturated rings. The first kappa shape index (κ1) is 16.8. The van der Waals surface area contributed by atoms with Gasteiger partial charge in [-0.05, 0) is 37.8 Å². The maximum atomic E-state index is 6.29. The highest BCUT2D eigenvalue weighted by molar-refractivity contribution is 6.54. The van der Waals surface area contributed by atoms with E-state index in [0.29, 0.717) is 0 Å². The van der Waals surface area contributed by atoms with Crippen LogP contribution in [-0.4, -0.2) is 19.2 Å². The second-order valence-corrected chi connectivity index (χ2v) is 7.01. The summed E-state index contributed by atoms with van der Waals surface area (Å²) in [5.74, 6) is 0. The van der Waals surface area contributed by atoms with E-state index in [4.69, 9.17) is 18.6 Å². The molecule has 0 bridgehead atoms. The van der Waals surface area contributed by atoms with Crippen molar-refractivity contribution in [3.05, 3.63) is 71.8 Å². The predicted molar refractivity (Wildman–Crippen MR) is 96.6 cm³/mol. The van der Waals surface area contributed by atoms with E-state index in [1.807, 2.05) is 50.2 Å². The smallest absolute Gasteiger partial charge is 0.516 e. The van der Waals surface area contributed by atoms with Crippen LogP contribution in [0.5, 0.6) is 0 Å². The summed E-state index contributed by atoms with van der Waals surface area (Å²) in [5.41, 5.74) is 2.25. The van der Waals surface area contributed by atoms with Crippen molar-refractivity contribution in [2.24, 2.45) is 0 Å². The summed E-state index contributed by atoms with van der Waals surface area (Å²) in [7, 11) is 0. The summed E-state index contributed by atoms with van der Waals surface area (Å²) in [6, 6.07) is 20.4. The van der Waals surface area contributed by atoms with E-state index in [2.05, 4.69) is 24.3 Å². The van der Waals surface area contributed by atoms with Crippen molar-refractivity contribution in [1.29, 1.82) is 0 Å². The largest absolute Gasteiger partial charge is 0.532 e. The monoisotopic (exact) mass is 339 g/mol. The summed E-state index contributed by atoms with van der Waals surface area (Å²) in [6.45, 7) is 1.86. The molecule has 2 aliphatic rings. The molecule has 4 atom stereocenters. The number of rotatable bonds is 2. The van der Waals surface area contributed by atoms with Gasteiger partial charge in [0.15, 0.2) is 0 Å². The van der Waals surface area contributed by atoms with Gasteiger partial charge >= 0.3 is 6.96 Å². The molecule has 4 unspecified atom stereocenters. The molecule has 25 heavy (non-hydrogen) atoms. The van der Waals surface area contributed by atoms with E-state index < -0.39 is 6.96 Å². The zero-order valence-electron chi connectivity index (χ0n) is 14.7. The lowest BCUT2D eigenvalue weighted by atomic mass is 9.89. The lowest BCUT2D eigenvalue weighted by molar-refractivity contribution is -0.165. The van der Waals surface area contributed by atoms with Crippen LogP contribution in [0, 0.1) is 0 Å². The van der Waals surface area contributed by atoms with Gasteiger partial charge in [0.2, 0.25) is 0 Å². The van der Waals surface area contributed by atoms with Crippen LogP contribution in [-0.2, 0) is 18.6 Å². The summed E-state index contributed by atoms with van der Waals surface area (Å²) in [6.07, 6.45) is 1.38. The minimum Gasteiger partial charge on any atom is -0.516 e. The van der Waals surface area contributed by atoms with Crippen LogP contribution < -0.4 is 0 Å². The Morgan fingerprint density at radius 3 is 1.44 bits per heavy atom. The van der Waals surface area contributed by atoms with Crippen LogP contribution >= 0.6 is 0 Å². The Hall–Kier alpha value is -1.66. The molecule has 0 aliphatic carbocycles. The molecule has 0 amide bonds. The zero-order valence-corrected chi connectivity index (χ0v) is 14.7. The second kappa shape index (κ2) is 6.92. The van der Waals surface area contributed by atoms with Gasteiger partial charge in [-0.1, -0.05) is 60.7 Å². The van der Waals surface area contributed by atoms with E-state index in [-0.39, 0.29) is 24.4 Å². The van der Waals surface area contributed by atoms with Gasteiger partial charge in [-0.25, -0.2) is 0 Å². The van der Waals surface area contributed by atoms with Gasteiger partial charge in [-0.2, -0.15) is 0 Å². The molecule has 4 nitrogen and oxygen atoms in total. The maximum Gasteiger partial charge on any atom is 0.532 e. The highest BCUT2D eigenvalue weighted by Crippen LogP contribution is 2.42. The Morgan fingerprint density at radius 2 is 1.04 bits per heavy atom. The Morgan fingerprint density at radius 1 is 0.640 bits per heavy atom. The Balaban J connectivity index is 1.60. The number of hydrogen-bond donors (Lipinski definition) is 0. The van der Waals surface area contributed by atoms with Crippen molar-refractivity contribution < 1.29 is 18.6 Å². The third kappa shape index (κ3) is 3.65. The predicted octanol–water partition coefficient (Wildman–Crippen LogP) is 4.56. The van der Waals surface area contributed by atoms with E-state index >= 15 is 0 Å². The molecule has 2 aliphatic heterocycles. The van der Waals surface area contributed by atoms with Crippen LogP contribution in [0.15, 0.2) is 60.7 Å². The van der Waals surface area contributed by atoms with Crippen LogP contribution in [0.25, 0.3) is 0 Å². The molecule has 2 aromatic rings. The van der Waals surface area contributed by atoms with Crippen LogP contribution in [0.1, 0.15) is 50.0 Å². The average Bonchev–Trinajstić information content (AvgIpc) is 2.62. The fourth-order valence-electron chi connectivity index (χ4n) is 3.75. The maximum absolute atomic E-state index is 6.29. The van der Waals surface area contributed by atoms with Gasteiger partial charge in [0.1, 0.15) is 0 Å². The van der Waals surface area contributed by atoms with Crippen molar-refractivity contribution in [2.45, 2.75) is 51.1 Å². The Labute approximate surface area is 149 Å². The zero-order chi connectivity index (χ0) is 17.3. The van der Waals surface area contributed by atoms with Gasteiger partial charge in [-0.3, -0.25) is 0 Å². The summed E-state index contributed by atoms with van der Waals surface area (Å²) >= 11 is 0. The molecule has 2 saturated heterocycles. The van der Waals surface area contributed by atoms with Gasteiger partial charge in [-0.15, -0.1) is 0 Å². The van der Waals surface area contributed by atoms with E-state index in [1.54, 1.807) is 0 Å². The Kier molecular flexibility index (Phi) is 4.65. The van der Waals surface area contributed by atoms with E-state index in [9.17, 15) is 0 Å². The summed E-state index contributed by atoms with van der Waals surface area (Å²) in [4.78, 5) is 0. The van der Waals surface area contributed by atoms with E-state index in [1.165, 1.54) is 0 Å². The topological polar surface area (TPSA) is 36.9 Å². The van der Waals surface area contributed by atoms with Gasteiger partial charge in [0.05, 0.1) is 0 Å². The SMILES string of the molecule is CC1CC(c2ccccc2)O[B-]2(O1)OC(C)CC(c1ccccc1)O2. The number of hydrogen-bond acceptors (Lipinski definition) is 4. The number of benzene rings is 2. The van der Waals surface area contributed by atoms with Gasteiger partial charge in [0.25, 0.3) is 0 Å². The van der Waals surface area contributed by atoms with Crippen molar-refractivity contribution in [2.75, 3.05) is 0 Å². The second-order valence-electron chi connectivity index (χ2n) is 7.01. The first-order valence-corrected chi connectivity index (χ1v) is 9.07. The van der Waals surface area contributed by atoms with Crippen molar-refractivity contribution in [3.63, 3.8) is 0 Å². The van der Waals surface area contributed by atoms with Crippen molar-refractivity contribution >= 4 is 6.96 Å².